The minimum Gasteiger partial charge on any atom is -0.452 e. The Bertz CT molecular complexity index is 169. The Hall–Kier alpha value is 0.0919. The maximum absolute atomic E-state index is 5.50. The van der Waals surface area contributed by atoms with Gasteiger partial charge in [0.25, 0.3) is 0 Å². The molecule has 1 atom stereocenters. The topological polar surface area (TPSA) is 64.4 Å². The molecule has 0 aliphatic heterocycles. The first-order chi connectivity index (χ1) is 5.04. The summed E-state index contributed by atoms with van der Waals surface area (Å²) in [5, 5.41) is 0. The molecule has 12 heavy (non-hydrogen) atoms. The summed E-state index contributed by atoms with van der Waals surface area (Å²) < 4.78 is 0. The number of hydrogen-bond acceptors (Lipinski definition) is 3. The molecule has 0 aliphatic carbocycles. The van der Waals surface area contributed by atoms with Gasteiger partial charge in [0.1, 0.15) is 0 Å². The van der Waals surface area contributed by atoms with Crippen molar-refractivity contribution in [1.82, 2.24) is 0 Å². The molecular formula is C8H16N3U-. The van der Waals surface area contributed by atoms with E-state index in [0.717, 1.165) is 11.3 Å². The normalized spacial score (nSPS) is 15.0. The van der Waals surface area contributed by atoms with Crippen LogP contribution in [-0.4, -0.2) is 12.3 Å². The van der Waals surface area contributed by atoms with E-state index in [1.54, 1.807) is 12.8 Å². The standard InChI is InChI=1S/C8H16N3.U/c1-6(8(3)10)4-11-5-7(2)9;/h4-5,7H,9-10H2,1-3H3;/q-1;/b8-6-,11-4?;. The van der Waals surface area contributed by atoms with Crippen LogP contribution in [0.4, 0.5) is 0 Å². The molecule has 4 heteroatoms. The Labute approximate surface area is 98.1 Å². The molecule has 0 aromatic carbocycles. The van der Waals surface area contributed by atoms with Gasteiger partial charge in [-0.15, -0.1) is 12.8 Å². The zero-order valence-corrected chi connectivity index (χ0v) is 12.0. The minimum atomic E-state index is -0.00266. The third-order valence-electron chi connectivity index (χ3n) is 1.21. The Kier molecular flexibility index (Phi) is 9.40. The van der Waals surface area contributed by atoms with Gasteiger partial charge >= 0.3 is 0 Å². The number of rotatable bonds is 3. The Morgan fingerprint density at radius 3 is 2.33 bits per heavy atom. The van der Waals surface area contributed by atoms with Crippen molar-refractivity contribution in [1.29, 1.82) is 0 Å². The van der Waals surface area contributed by atoms with E-state index in [-0.39, 0.29) is 37.2 Å². The number of nitrogens with zero attached hydrogens (tertiary/aromatic N) is 1. The van der Waals surface area contributed by atoms with Gasteiger partial charge in [-0.1, -0.05) is 19.4 Å². The van der Waals surface area contributed by atoms with Crippen molar-refractivity contribution in [3.8, 4) is 0 Å². The summed E-state index contributed by atoms with van der Waals surface area (Å²) in [7, 11) is 0. The van der Waals surface area contributed by atoms with E-state index in [9.17, 15) is 0 Å². The molecule has 0 aromatic rings. The van der Waals surface area contributed by atoms with Crippen molar-refractivity contribution in [2.75, 3.05) is 0 Å². The van der Waals surface area contributed by atoms with Gasteiger partial charge in [0.2, 0.25) is 0 Å². The molecule has 4 N–H and O–H groups in total. The van der Waals surface area contributed by atoms with Crippen molar-refractivity contribution in [2.45, 2.75) is 26.8 Å². The second-order valence-electron chi connectivity index (χ2n) is 2.65. The molecule has 0 bridgehead atoms. The average molecular weight is 392 g/mol. The van der Waals surface area contributed by atoms with Crippen LogP contribution in [0, 0.1) is 37.7 Å². The van der Waals surface area contributed by atoms with Gasteiger partial charge in [-0.3, -0.25) is 0 Å². The predicted molar refractivity (Wildman–Crippen MR) is 49.0 cm³/mol. The fraction of sp³-hybridized carbons (Fsp3) is 0.500. The summed E-state index contributed by atoms with van der Waals surface area (Å²) in [6, 6.07) is -0.00266. The quantitative estimate of drug-likeness (QED) is 0.552. The van der Waals surface area contributed by atoms with Gasteiger partial charge in [0.05, 0.1) is 0 Å². The number of nitrogens with two attached hydrogens (primary N) is 2. The first-order valence-corrected chi connectivity index (χ1v) is 3.59. The van der Waals surface area contributed by atoms with Gasteiger partial charge < -0.3 is 16.5 Å². The van der Waals surface area contributed by atoms with E-state index in [2.05, 4.69) is 4.99 Å². The Balaban J connectivity index is 0. The molecule has 0 rings (SSSR count). The third-order valence-corrected chi connectivity index (χ3v) is 1.21. The van der Waals surface area contributed by atoms with Crippen molar-refractivity contribution < 1.29 is 31.1 Å². The molecule has 3 nitrogen and oxygen atoms in total. The van der Waals surface area contributed by atoms with Gasteiger partial charge in [-0.2, -0.15) is 0 Å². The van der Waals surface area contributed by atoms with E-state index in [1.165, 1.54) is 0 Å². The summed E-state index contributed by atoms with van der Waals surface area (Å²) in [6.45, 7) is 7.29. The molecule has 68 valence electrons. The molecule has 0 fully saturated rings. The van der Waals surface area contributed by atoms with Crippen molar-refractivity contribution >= 4 is 6.21 Å². The van der Waals surface area contributed by atoms with Crippen LogP contribution in [0.5, 0.6) is 0 Å². The maximum Gasteiger partial charge on any atom is 0 e. The Morgan fingerprint density at radius 1 is 1.50 bits per heavy atom. The maximum atomic E-state index is 5.50. The monoisotopic (exact) mass is 392 g/mol. The summed E-state index contributed by atoms with van der Waals surface area (Å²) in [5.41, 5.74) is 12.7. The number of aliphatic imine (C=N–C) groups is 1. The molecule has 0 aromatic heterocycles. The second kappa shape index (κ2) is 7.73. The molecule has 0 heterocycles. The molecule has 0 amide bonds. The zero-order chi connectivity index (χ0) is 8.85. The van der Waals surface area contributed by atoms with E-state index < -0.39 is 0 Å². The molecule has 0 saturated carbocycles. The van der Waals surface area contributed by atoms with Crippen LogP contribution in [0.15, 0.2) is 16.3 Å². The summed E-state index contributed by atoms with van der Waals surface area (Å²) in [5.74, 6) is 0. The molecule has 0 aliphatic rings. The fourth-order valence-corrected chi connectivity index (χ4v) is 0.392. The SMILES string of the molecule is C/C(N)=C(\C)C=N[CH-]C(C)N.[U]. The van der Waals surface area contributed by atoms with Gasteiger partial charge in [0, 0.05) is 31.1 Å². The van der Waals surface area contributed by atoms with E-state index >= 15 is 0 Å². The summed E-state index contributed by atoms with van der Waals surface area (Å²) >= 11 is 0. The van der Waals surface area contributed by atoms with Crippen molar-refractivity contribution in [2.24, 2.45) is 16.5 Å². The first-order valence-electron chi connectivity index (χ1n) is 3.59. The third kappa shape index (κ3) is 8.19. The molecular weight excluding hydrogens is 376 g/mol. The minimum absolute atomic E-state index is 0. The van der Waals surface area contributed by atoms with Crippen LogP contribution in [0.2, 0.25) is 0 Å². The fourth-order valence-electron chi connectivity index (χ4n) is 0.392. The molecule has 0 saturated heterocycles. The van der Waals surface area contributed by atoms with Crippen LogP contribution in [0.25, 0.3) is 0 Å². The Morgan fingerprint density at radius 2 is 2.00 bits per heavy atom. The summed E-state index contributed by atoms with van der Waals surface area (Å²) in [4.78, 5) is 3.98. The van der Waals surface area contributed by atoms with E-state index in [4.69, 9.17) is 11.5 Å². The van der Waals surface area contributed by atoms with Crippen LogP contribution < -0.4 is 11.5 Å². The van der Waals surface area contributed by atoms with Crippen LogP contribution in [0.3, 0.4) is 0 Å². The predicted octanol–water partition coefficient (Wildman–Crippen LogP) is 0.819. The van der Waals surface area contributed by atoms with Gasteiger partial charge in [0.15, 0.2) is 0 Å². The summed E-state index contributed by atoms with van der Waals surface area (Å²) in [6.07, 6.45) is 1.71. The zero-order valence-electron chi connectivity index (χ0n) is 7.83. The van der Waals surface area contributed by atoms with Crippen LogP contribution >= 0.6 is 0 Å². The molecule has 0 spiro atoms. The van der Waals surface area contributed by atoms with E-state index in [1.807, 2.05) is 20.8 Å². The van der Waals surface area contributed by atoms with E-state index in [0.29, 0.717) is 0 Å². The van der Waals surface area contributed by atoms with Gasteiger partial charge in [-0.25, -0.2) is 0 Å². The van der Waals surface area contributed by atoms with Crippen LogP contribution in [-0.2, 0) is 0 Å². The van der Waals surface area contributed by atoms with Crippen molar-refractivity contribution in [3.05, 3.63) is 17.8 Å². The largest absolute Gasteiger partial charge is 0.452 e. The van der Waals surface area contributed by atoms with Crippen molar-refractivity contribution in [3.63, 3.8) is 0 Å². The molecule has 0 radical (unpaired) electrons. The first kappa shape index (κ1) is 14.6. The smallest absolute Gasteiger partial charge is 0 e. The number of allylic oxidation sites excluding steroid dienone is 2. The average Bonchev–Trinajstić information content (AvgIpc) is 1.86. The van der Waals surface area contributed by atoms with Gasteiger partial charge in [-0.05, 0) is 18.7 Å². The van der Waals surface area contributed by atoms with Crippen LogP contribution in [0.1, 0.15) is 20.8 Å². The molecule has 1 unspecified atom stereocenters. The second-order valence-corrected chi connectivity index (χ2v) is 2.65. The number of hydrogen-bond donors (Lipinski definition) is 2.